The Balaban J connectivity index is -0.0000000910. The van der Waals surface area contributed by atoms with E-state index in [2.05, 4.69) is 31.6 Å². The van der Waals surface area contributed by atoms with Crippen molar-refractivity contribution >= 4 is 0 Å². The third-order valence-corrected chi connectivity index (χ3v) is 0.601. The number of hydrogen-bond acceptors (Lipinski definition) is 2. The summed E-state index contributed by atoms with van der Waals surface area (Å²) < 4.78 is 4.15. The van der Waals surface area contributed by atoms with Crippen LogP contribution >= 0.6 is 0 Å². The number of rotatable bonds is 3. The van der Waals surface area contributed by atoms with Crippen LogP contribution < -0.4 is 0 Å². The van der Waals surface area contributed by atoms with Crippen LogP contribution in [0.4, 0.5) is 0 Å². The first-order valence-electron chi connectivity index (χ1n) is 2.94. The van der Waals surface area contributed by atoms with Gasteiger partial charge in [0, 0.05) is 32.7 Å². The van der Waals surface area contributed by atoms with E-state index in [1.165, 1.54) is 12.7 Å². The van der Waals surface area contributed by atoms with Gasteiger partial charge in [0.05, 0.1) is 6.26 Å². The van der Waals surface area contributed by atoms with Crippen molar-refractivity contribution in [2.24, 2.45) is 0 Å². The first-order valence-corrected chi connectivity index (χ1v) is 2.94. The molecule has 2 nitrogen and oxygen atoms in total. The number of hydrogen-bond donors (Lipinski definition) is 1. The van der Waals surface area contributed by atoms with Gasteiger partial charge in [0.25, 0.3) is 0 Å². The molecule has 1 N–H and O–H groups in total. The molecule has 1 radical (unpaired) electrons. The molecule has 0 spiro atoms. The third kappa shape index (κ3) is 38.3. The van der Waals surface area contributed by atoms with Crippen LogP contribution in [0.1, 0.15) is 20.3 Å². The molecule has 0 saturated heterocycles. The SMILES string of the molecule is C=COCO.C[CH-]CC.[Y]. The smallest absolute Gasteiger partial charge is 0.185 e. The summed E-state index contributed by atoms with van der Waals surface area (Å²) in [6.45, 7) is 7.07. The van der Waals surface area contributed by atoms with E-state index in [9.17, 15) is 0 Å². The van der Waals surface area contributed by atoms with Crippen LogP contribution in [0.5, 0.6) is 0 Å². The van der Waals surface area contributed by atoms with Gasteiger partial charge >= 0.3 is 0 Å². The van der Waals surface area contributed by atoms with Crippen LogP contribution in [0.2, 0.25) is 0 Å². The molecule has 0 aliphatic heterocycles. The molecule has 59 valence electrons. The summed E-state index contributed by atoms with van der Waals surface area (Å²) in [5.41, 5.74) is 0. The number of aliphatic hydroxyl groups excluding tert-OH is 1. The standard InChI is InChI=1S/C4H9.C3H6O2.Y/c1-3-4-2;1-2-5-3-4;/h3H,4H2,1-2H3;2,4H,1,3H2;/q-1;;. The Labute approximate surface area is 88.5 Å². The van der Waals surface area contributed by atoms with Crippen molar-refractivity contribution in [3.8, 4) is 0 Å². The molecule has 3 heteroatoms. The topological polar surface area (TPSA) is 29.5 Å². The second kappa shape index (κ2) is 22.6. The second-order valence-corrected chi connectivity index (χ2v) is 1.28. The summed E-state index contributed by atoms with van der Waals surface area (Å²) in [4.78, 5) is 0. The van der Waals surface area contributed by atoms with Gasteiger partial charge in [-0.2, -0.15) is 13.3 Å². The van der Waals surface area contributed by atoms with Gasteiger partial charge in [-0.3, -0.25) is 0 Å². The average molecular weight is 220 g/mol. The van der Waals surface area contributed by atoms with E-state index in [1.807, 2.05) is 0 Å². The van der Waals surface area contributed by atoms with Crippen molar-refractivity contribution in [1.82, 2.24) is 0 Å². The van der Waals surface area contributed by atoms with Crippen LogP contribution in [0.3, 0.4) is 0 Å². The first-order chi connectivity index (χ1) is 4.33. The van der Waals surface area contributed by atoms with Gasteiger partial charge in [0.15, 0.2) is 6.79 Å². The normalized spacial score (nSPS) is 6.30. The number of ether oxygens (including phenoxy) is 1. The zero-order chi connectivity index (χ0) is 7.54. The molecule has 0 aromatic rings. The van der Waals surface area contributed by atoms with Crippen molar-refractivity contribution in [1.29, 1.82) is 0 Å². The van der Waals surface area contributed by atoms with Crippen LogP contribution in [-0.4, -0.2) is 11.9 Å². The van der Waals surface area contributed by atoms with Crippen LogP contribution in [0.15, 0.2) is 12.8 Å². The van der Waals surface area contributed by atoms with Gasteiger partial charge in [0.1, 0.15) is 0 Å². The Kier molecular flexibility index (Phi) is 38.3. The van der Waals surface area contributed by atoms with E-state index in [4.69, 9.17) is 5.11 Å². The fourth-order valence-electron chi connectivity index (χ4n) is 0.0527. The van der Waals surface area contributed by atoms with E-state index < -0.39 is 0 Å². The first kappa shape index (κ1) is 16.9. The molecular weight excluding hydrogens is 205 g/mol. The van der Waals surface area contributed by atoms with Crippen LogP contribution in [0.25, 0.3) is 0 Å². The summed E-state index contributed by atoms with van der Waals surface area (Å²) in [6.07, 6.45) is 4.50. The monoisotopic (exact) mass is 220 g/mol. The van der Waals surface area contributed by atoms with Gasteiger partial charge in [0.2, 0.25) is 0 Å². The largest absolute Gasteiger partial charge is 0.476 e. The third-order valence-electron chi connectivity index (χ3n) is 0.601. The maximum absolute atomic E-state index is 7.77. The summed E-state index contributed by atoms with van der Waals surface area (Å²) in [5, 5.41) is 7.77. The maximum Gasteiger partial charge on any atom is 0.185 e. The Bertz CT molecular complexity index is 46.9. The van der Waals surface area contributed by atoms with E-state index in [-0.39, 0.29) is 39.5 Å². The summed E-state index contributed by atoms with van der Waals surface area (Å²) in [5.74, 6) is 0. The zero-order valence-corrected chi connectivity index (χ0v) is 9.55. The van der Waals surface area contributed by atoms with Crippen LogP contribution in [0, 0.1) is 6.42 Å². The molecular formula is C7H15O2Y-. The minimum Gasteiger partial charge on any atom is -0.476 e. The molecule has 0 unspecified atom stereocenters. The molecule has 0 amide bonds. The van der Waals surface area contributed by atoms with Gasteiger partial charge in [-0.15, -0.1) is 0 Å². The fourth-order valence-corrected chi connectivity index (χ4v) is 0.0527. The minimum atomic E-state index is -0.274. The van der Waals surface area contributed by atoms with E-state index >= 15 is 0 Å². The van der Waals surface area contributed by atoms with Gasteiger partial charge in [-0.1, -0.05) is 13.5 Å². The number of aliphatic hydroxyl groups is 1. The minimum absolute atomic E-state index is 0. The Hall–Kier alpha value is 0.604. The summed E-state index contributed by atoms with van der Waals surface area (Å²) >= 11 is 0. The van der Waals surface area contributed by atoms with Gasteiger partial charge in [-0.25, -0.2) is 0 Å². The van der Waals surface area contributed by atoms with Crippen molar-refractivity contribution in [2.45, 2.75) is 20.3 Å². The molecule has 10 heavy (non-hydrogen) atoms. The Morgan fingerprint density at radius 2 is 2.10 bits per heavy atom. The van der Waals surface area contributed by atoms with Crippen molar-refractivity contribution in [2.75, 3.05) is 6.79 Å². The molecule has 0 atom stereocenters. The Morgan fingerprint density at radius 3 is 2.10 bits per heavy atom. The molecule has 0 rings (SSSR count). The van der Waals surface area contributed by atoms with E-state index in [1.54, 1.807) is 0 Å². The predicted octanol–water partition coefficient (Wildman–Crippen LogP) is 1.71. The molecule has 0 heterocycles. The zero-order valence-electron chi connectivity index (χ0n) is 6.71. The van der Waals surface area contributed by atoms with Crippen molar-refractivity contribution in [3.05, 3.63) is 19.3 Å². The molecule has 0 aromatic heterocycles. The Morgan fingerprint density at radius 1 is 1.70 bits per heavy atom. The molecule has 0 bridgehead atoms. The van der Waals surface area contributed by atoms with Crippen LogP contribution in [-0.2, 0) is 37.4 Å². The second-order valence-electron chi connectivity index (χ2n) is 1.28. The van der Waals surface area contributed by atoms with Crippen molar-refractivity contribution in [3.63, 3.8) is 0 Å². The maximum atomic E-state index is 7.77. The van der Waals surface area contributed by atoms with Crippen molar-refractivity contribution < 1.29 is 42.6 Å². The predicted molar refractivity (Wildman–Crippen MR) is 38.6 cm³/mol. The molecule has 0 fully saturated rings. The van der Waals surface area contributed by atoms with Gasteiger partial charge < -0.3 is 16.3 Å². The summed E-state index contributed by atoms with van der Waals surface area (Å²) in [6, 6.07) is 0. The van der Waals surface area contributed by atoms with Gasteiger partial charge in [-0.05, 0) is 0 Å². The molecule has 0 aliphatic rings. The number of unbranched alkanes of at least 4 members (excludes halogenated alkanes) is 1. The quantitative estimate of drug-likeness (QED) is 0.445. The summed E-state index contributed by atoms with van der Waals surface area (Å²) in [7, 11) is 0. The van der Waals surface area contributed by atoms with E-state index in [0.717, 1.165) is 0 Å². The molecule has 0 saturated carbocycles. The van der Waals surface area contributed by atoms with E-state index in [0.29, 0.717) is 0 Å². The molecule has 0 aromatic carbocycles. The molecule has 0 aliphatic carbocycles. The fraction of sp³-hybridized carbons (Fsp3) is 0.571. The average Bonchev–Trinajstić information content (AvgIpc) is 1.91.